The summed E-state index contributed by atoms with van der Waals surface area (Å²) in [5.74, 6) is -0.430. The Kier molecular flexibility index (Phi) is 4.56. The Morgan fingerprint density at radius 3 is 2.16 bits per heavy atom. The SMILES string of the molecule is O=C(Cc1ccc(Cl)cc1)Cc1ccc(F)c(Cl)c1. The fourth-order valence-corrected chi connectivity index (χ4v) is 2.10. The molecule has 0 saturated carbocycles. The van der Waals surface area contributed by atoms with Crippen molar-refractivity contribution in [3.05, 3.63) is 69.5 Å². The lowest BCUT2D eigenvalue weighted by atomic mass is 10.0. The molecule has 2 aromatic carbocycles. The molecule has 2 rings (SSSR count). The number of carbonyl (C=O) groups excluding carboxylic acids is 1. The summed E-state index contributed by atoms with van der Waals surface area (Å²) in [4.78, 5) is 11.9. The molecule has 0 saturated heterocycles. The van der Waals surface area contributed by atoms with Crippen LogP contribution >= 0.6 is 23.2 Å². The Hall–Kier alpha value is -1.38. The van der Waals surface area contributed by atoms with E-state index in [9.17, 15) is 9.18 Å². The van der Waals surface area contributed by atoms with E-state index >= 15 is 0 Å². The summed E-state index contributed by atoms with van der Waals surface area (Å²) in [5, 5.41) is 0.679. The van der Waals surface area contributed by atoms with E-state index in [-0.39, 0.29) is 17.2 Å². The van der Waals surface area contributed by atoms with Gasteiger partial charge in [-0.15, -0.1) is 0 Å². The van der Waals surface area contributed by atoms with E-state index < -0.39 is 5.82 Å². The van der Waals surface area contributed by atoms with Gasteiger partial charge in [0.05, 0.1) is 5.02 Å². The Balaban J connectivity index is 2.01. The second kappa shape index (κ2) is 6.18. The molecule has 0 aliphatic heterocycles. The van der Waals surface area contributed by atoms with Gasteiger partial charge in [0.1, 0.15) is 11.6 Å². The Bertz CT molecular complexity index is 594. The Morgan fingerprint density at radius 2 is 1.53 bits per heavy atom. The van der Waals surface area contributed by atoms with E-state index in [1.807, 2.05) is 12.1 Å². The van der Waals surface area contributed by atoms with Crippen LogP contribution in [0.4, 0.5) is 4.39 Å². The Labute approximate surface area is 121 Å². The number of Topliss-reactive ketones (excluding diaryl/α,β-unsaturated/α-hetero) is 1. The van der Waals surface area contributed by atoms with Crippen LogP contribution in [-0.2, 0) is 17.6 Å². The second-order valence-corrected chi connectivity index (χ2v) is 5.11. The van der Waals surface area contributed by atoms with Gasteiger partial charge < -0.3 is 0 Å². The quantitative estimate of drug-likeness (QED) is 0.812. The van der Waals surface area contributed by atoms with Crippen LogP contribution in [0.2, 0.25) is 10.0 Å². The zero-order valence-electron chi connectivity index (χ0n) is 10.00. The average molecular weight is 297 g/mol. The average Bonchev–Trinajstić information content (AvgIpc) is 2.37. The summed E-state index contributed by atoms with van der Waals surface area (Å²) >= 11 is 11.4. The van der Waals surface area contributed by atoms with Crippen LogP contribution < -0.4 is 0 Å². The van der Waals surface area contributed by atoms with Gasteiger partial charge in [0.15, 0.2) is 0 Å². The van der Waals surface area contributed by atoms with Crippen molar-refractivity contribution in [3.63, 3.8) is 0 Å². The molecule has 0 bridgehead atoms. The van der Waals surface area contributed by atoms with Gasteiger partial charge in [0.25, 0.3) is 0 Å². The van der Waals surface area contributed by atoms with E-state index in [1.54, 1.807) is 18.2 Å². The monoisotopic (exact) mass is 296 g/mol. The molecule has 19 heavy (non-hydrogen) atoms. The minimum absolute atomic E-state index is 0.0387. The van der Waals surface area contributed by atoms with Crippen LogP contribution in [0.25, 0.3) is 0 Å². The predicted molar refractivity (Wildman–Crippen MR) is 75.3 cm³/mol. The molecule has 0 unspecified atom stereocenters. The first-order valence-electron chi connectivity index (χ1n) is 5.74. The molecule has 0 aliphatic rings. The van der Waals surface area contributed by atoms with Crippen molar-refractivity contribution in [2.75, 3.05) is 0 Å². The Morgan fingerprint density at radius 1 is 0.947 bits per heavy atom. The maximum atomic E-state index is 13.0. The van der Waals surface area contributed by atoms with Crippen molar-refractivity contribution >= 4 is 29.0 Å². The van der Waals surface area contributed by atoms with Crippen molar-refractivity contribution in [3.8, 4) is 0 Å². The van der Waals surface area contributed by atoms with Crippen molar-refractivity contribution in [2.24, 2.45) is 0 Å². The van der Waals surface area contributed by atoms with Gasteiger partial charge in [-0.25, -0.2) is 4.39 Å². The van der Waals surface area contributed by atoms with Crippen LogP contribution in [0.15, 0.2) is 42.5 Å². The van der Waals surface area contributed by atoms with Crippen LogP contribution in [0.5, 0.6) is 0 Å². The zero-order chi connectivity index (χ0) is 13.8. The largest absolute Gasteiger partial charge is 0.299 e. The van der Waals surface area contributed by atoms with Crippen LogP contribution in [0.3, 0.4) is 0 Å². The fraction of sp³-hybridized carbons (Fsp3) is 0.133. The molecule has 0 atom stereocenters. The van der Waals surface area contributed by atoms with Gasteiger partial charge in [0.2, 0.25) is 0 Å². The van der Waals surface area contributed by atoms with E-state index in [2.05, 4.69) is 0 Å². The molecule has 0 amide bonds. The molecule has 2 aromatic rings. The van der Waals surface area contributed by atoms with Gasteiger partial charge in [-0.05, 0) is 35.4 Å². The predicted octanol–water partition coefficient (Wildman–Crippen LogP) is 4.49. The molecule has 0 radical (unpaired) electrons. The first-order chi connectivity index (χ1) is 9.04. The number of hydrogen-bond donors (Lipinski definition) is 0. The third-order valence-corrected chi connectivity index (χ3v) is 3.24. The lowest BCUT2D eigenvalue weighted by Gasteiger charge is -2.03. The van der Waals surface area contributed by atoms with Gasteiger partial charge in [-0.1, -0.05) is 41.4 Å². The van der Waals surface area contributed by atoms with Gasteiger partial charge in [0, 0.05) is 17.9 Å². The van der Waals surface area contributed by atoms with Crippen molar-refractivity contribution in [1.82, 2.24) is 0 Å². The minimum atomic E-state index is -0.476. The molecule has 0 N–H and O–H groups in total. The highest BCUT2D eigenvalue weighted by Gasteiger charge is 2.07. The number of benzene rings is 2. The highest BCUT2D eigenvalue weighted by molar-refractivity contribution is 6.31. The number of ketones is 1. The summed E-state index contributed by atoms with van der Waals surface area (Å²) in [5.41, 5.74) is 1.62. The highest BCUT2D eigenvalue weighted by atomic mass is 35.5. The van der Waals surface area contributed by atoms with E-state index in [4.69, 9.17) is 23.2 Å². The molecular weight excluding hydrogens is 286 g/mol. The summed E-state index contributed by atoms with van der Waals surface area (Å²) in [6.07, 6.45) is 0.564. The first kappa shape index (κ1) is 14.0. The third kappa shape index (κ3) is 4.05. The third-order valence-electron chi connectivity index (χ3n) is 2.70. The number of hydrogen-bond acceptors (Lipinski definition) is 1. The highest BCUT2D eigenvalue weighted by Crippen LogP contribution is 2.17. The van der Waals surface area contributed by atoms with E-state index in [0.717, 1.165) is 5.56 Å². The van der Waals surface area contributed by atoms with Crippen molar-refractivity contribution < 1.29 is 9.18 Å². The summed E-state index contributed by atoms with van der Waals surface area (Å²) in [7, 11) is 0. The summed E-state index contributed by atoms with van der Waals surface area (Å²) in [6.45, 7) is 0. The topological polar surface area (TPSA) is 17.1 Å². The summed E-state index contributed by atoms with van der Waals surface area (Å²) < 4.78 is 13.0. The van der Waals surface area contributed by atoms with Crippen LogP contribution in [0, 0.1) is 5.82 Å². The van der Waals surface area contributed by atoms with E-state index in [0.29, 0.717) is 17.0 Å². The first-order valence-corrected chi connectivity index (χ1v) is 6.50. The molecule has 0 aromatic heterocycles. The molecule has 98 valence electrons. The molecule has 0 fully saturated rings. The molecule has 4 heteroatoms. The number of halogens is 3. The van der Waals surface area contributed by atoms with E-state index in [1.165, 1.54) is 12.1 Å². The fourth-order valence-electron chi connectivity index (χ4n) is 1.77. The van der Waals surface area contributed by atoms with Crippen LogP contribution in [-0.4, -0.2) is 5.78 Å². The van der Waals surface area contributed by atoms with Gasteiger partial charge in [-0.3, -0.25) is 4.79 Å². The second-order valence-electron chi connectivity index (χ2n) is 4.27. The standard InChI is InChI=1S/C15H11Cl2FO/c16-12-4-1-10(2-5-12)7-13(19)8-11-3-6-15(18)14(17)9-11/h1-6,9H,7-8H2. The molecule has 0 aliphatic carbocycles. The van der Waals surface area contributed by atoms with Crippen molar-refractivity contribution in [1.29, 1.82) is 0 Å². The maximum Gasteiger partial charge on any atom is 0.141 e. The number of rotatable bonds is 4. The normalized spacial score (nSPS) is 10.5. The molecule has 1 nitrogen and oxygen atoms in total. The van der Waals surface area contributed by atoms with Crippen LogP contribution in [0.1, 0.15) is 11.1 Å². The lowest BCUT2D eigenvalue weighted by molar-refractivity contribution is -0.117. The summed E-state index contributed by atoms with van der Waals surface area (Å²) in [6, 6.07) is 11.5. The maximum absolute atomic E-state index is 13.0. The van der Waals surface area contributed by atoms with Crippen molar-refractivity contribution in [2.45, 2.75) is 12.8 Å². The molecule has 0 spiro atoms. The van der Waals surface area contributed by atoms with Gasteiger partial charge in [-0.2, -0.15) is 0 Å². The molecular formula is C15H11Cl2FO. The zero-order valence-corrected chi connectivity index (χ0v) is 11.5. The lowest BCUT2D eigenvalue weighted by Crippen LogP contribution is -2.06. The van der Waals surface area contributed by atoms with Gasteiger partial charge >= 0.3 is 0 Å². The molecule has 0 heterocycles. The minimum Gasteiger partial charge on any atom is -0.299 e. The number of carbonyl (C=O) groups is 1. The smallest absolute Gasteiger partial charge is 0.141 e.